The highest BCUT2D eigenvalue weighted by Gasteiger charge is 2.63. The Morgan fingerprint density at radius 1 is 1.07 bits per heavy atom. The van der Waals surface area contributed by atoms with Crippen LogP contribution in [0.5, 0.6) is 0 Å². The number of fused-ring (bicyclic) bond motifs is 5. The summed E-state index contributed by atoms with van der Waals surface area (Å²) in [6, 6.07) is -1.92. The highest BCUT2D eigenvalue weighted by molar-refractivity contribution is 5.96. The van der Waals surface area contributed by atoms with Crippen LogP contribution in [0.2, 0.25) is 0 Å². The standard InChI is InChI=1S/C34H51N3O6/c1-8-21(5)29(31(40)41)36-30(39)28(20(3)4)35-27(38)19-43-37-23-12-15-32(6)22(18-23)10-11-24-25(32)13-16-33(7)26(24)14-17-34(33,42)9-2/h2,18,20-21,24-26,28-29,42H,8,10-17,19H2,1,3-7H3,(H,35,38)(H,36,39)(H,40,41)/b37-23+/t21-,24-,25-,26-,28-,29-,32+,33+,34-/m1/s1. The first-order valence-corrected chi connectivity index (χ1v) is 16.1. The van der Waals surface area contributed by atoms with Gasteiger partial charge in [-0.1, -0.05) is 64.6 Å². The molecule has 9 atom stereocenters. The van der Waals surface area contributed by atoms with Crippen LogP contribution >= 0.6 is 0 Å². The van der Waals surface area contributed by atoms with Gasteiger partial charge in [-0.2, -0.15) is 0 Å². The highest BCUT2D eigenvalue weighted by Crippen LogP contribution is 2.67. The molecule has 3 saturated carbocycles. The molecule has 4 rings (SSSR count). The summed E-state index contributed by atoms with van der Waals surface area (Å²) in [5.41, 5.74) is 1.09. The molecule has 0 aromatic carbocycles. The number of carboxylic acid groups (broad SMARTS) is 1. The van der Waals surface area contributed by atoms with Gasteiger partial charge in [0.15, 0.2) is 6.61 Å². The summed E-state index contributed by atoms with van der Waals surface area (Å²) in [5, 5.41) is 30.3. The molecule has 0 saturated heterocycles. The number of hydrogen-bond acceptors (Lipinski definition) is 6. The molecule has 0 heterocycles. The van der Waals surface area contributed by atoms with E-state index >= 15 is 0 Å². The number of rotatable bonds is 10. The molecule has 9 heteroatoms. The first kappa shape index (κ1) is 33.0. The van der Waals surface area contributed by atoms with Gasteiger partial charge in [0.1, 0.15) is 17.7 Å². The molecule has 238 valence electrons. The Bertz CT molecular complexity index is 1200. The molecule has 43 heavy (non-hydrogen) atoms. The predicted molar refractivity (Wildman–Crippen MR) is 165 cm³/mol. The molecule has 4 aliphatic carbocycles. The van der Waals surface area contributed by atoms with Gasteiger partial charge in [-0.15, -0.1) is 6.42 Å². The summed E-state index contributed by atoms with van der Waals surface area (Å²) >= 11 is 0. The summed E-state index contributed by atoms with van der Waals surface area (Å²) in [4.78, 5) is 42.7. The van der Waals surface area contributed by atoms with E-state index in [4.69, 9.17) is 11.3 Å². The Kier molecular flexibility index (Phi) is 9.71. The fourth-order valence-electron chi connectivity index (χ4n) is 8.75. The van der Waals surface area contributed by atoms with Crippen LogP contribution in [0.3, 0.4) is 0 Å². The van der Waals surface area contributed by atoms with E-state index in [-0.39, 0.29) is 29.3 Å². The van der Waals surface area contributed by atoms with Crippen molar-refractivity contribution in [2.24, 2.45) is 45.6 Å². The van der Waals surface area contributed by atoms with Crippen molar-refractivity contribution in [3.05, 3.63) is 11.6 Å². The third-order valence-electron chi connectivity index (χ3n) is 11.8. The SMILES string of the molecule is C#C[C@@]1(O)CC[C@@H]2[C@@H]3CCC4=C/C(=N/OCC(=O)N[C@@H](C(=O)N[C@@H](C(=O)O)[C@H](C)CC)C(C)C)CC[C@]4(C)[C@@H]3CC[C@@]21C. The molecule has 4 N–H and O–H groups in total. The zero-order chi connectivity index (χ0) is 31.7. The topological polar surface area (TPSA) is 137 Å². The number of hydrogen-bond donors (Lipinski definition) is 4. The van der Waals surface area contributed by atoms with Crippen LogP contribution < -0.4 is 10.6 Å². The second-order valence-corrected chi connectivity index (χ2v) is 14.4. The molecular weight excluding hydrogens is 546 g/mol. The smallest absolute Gasteiger partial charge is 0.326 e. The summed E-state index contributed by atoms with van der Waals surface area (Å²) in [6.07, 6.45) is 16.1. The van der Waals surface area contributed by atoms with E-state index in [2.05, 4.69) is 41.6 Å². The molecule has 0 unspecified atom stereocenters. The van der Waals surface area contributed by atoms with Gasteiger partial charge in [0, 0.05) is 5.41 Å². The average Bonchev–Trinajstić information content (AvgIpc) is 3.24. The maximum atomic E-state index is 12.9. The van der Waals surface area contributed by atoms with Crippen LogP contribution in [-0.4, -0.2) is 58.0 Å². The van der Waals surface area contributed by atoms with Gasteiger partial charge < -0.3 is 25.7 Å². The Morgan fingerprint density at radius 3 is 2.40 bits per heavy atom. The Morgan fingerprint density at radius 2 is 1.77 bits per heavy atom. The van der Waals surface area contributed by atoms with Gasteiger partial charge >= 0.3 is 5.97 Å². The van der Waals surface area contributed by atoms with Gasteiger partial charge in [0.2, 0.25) is 5.91 Å². The van der Waals surface area contributed by atoms with E-state index in [0.29, 0.717) is 30.6 Å². The molecular formula is C34H51N3O6. The first-order chi connectivity index (χ1) is 20.2. The number of nitrogens with one attached hydrogen (secondary N) is 2. The maximum absolute atomic E-state index is 12.9. The third-order valence-corrected chi connectivity index (χ3v) is 11.8. The largest absolute Gasteiger partial charge is 0.480 e. The summed E-state index contributed by atoms with van der Waals surface area (Å²) in [6.45, 7) is 11.5. The van der Waals surface area contributed by atoms with Crippen LogP contribution in [0.4, 0.5) is 0 Å². The van der Waals surface area contributed by atoms with E-state index in [1.54, 1.807) is 20.8 Å². The normalized spacial score (nSPS) is 36.2. The zero-order valence-corrected chi connectivity index (χ0v) is 26.7. The van der Waals surface area contributed by atoms with Crippen LogP contribution in [-0.2, 0) is 19.2 Å². The van der Waals surface area contributed by atoms with Gasteiger partial charge in [0.25, 0.3) is 5.91 Å². The first-order valence-electron chi connectivity index (χ1n) is 16.1. The molecule has 2 amide bonds. The Hall–Kier alpha value is -2.86. The second-order valence-electron chi connectivity index (χ2n) is 14.4. The number of allylic oxidation sites excluding steroid dienone is 2. The fourth-order valence-corrected chi connectivity index (χ4v) is 8.75. The number of aliphatic carboxylic acids is 1. The lowest BCUT2D eigenvalue weighted by atomic mass is 9.46. The molecule has 9 nitrogen and oxygen atoms in total. The minimum Gasteiger partial charge on any atom is -0.480 e. The van der Waals surface area contributed by atoms with Crippen molar-refractivity contribution in [2.45, 2.75) is 117 Å². The van der Waals surface area contributed by atoms with E-state index < -0.39 is 35.5 Å². The molecule has 3 fully saturated rings. The summed E-state index contributed by atoms with van der Waals surface area (Å²) in [5.74, 6) is 1.70. The Labute approximate surface area is 256 Å². The number of carboxylic acids is 1. The fraction of sp³-hybridized carbons (Fsp3) is 0.765. The molecule has 0 radical (unpaired) electrons. The molecule has 0 aromatic rings. The number of carbonyl (C=O) groups is 3. The highest BCUT2D eigenvalue weighted by atomic mass is 16.6. The van der Waals surface area contributed by atoms with Crippen molar-refractivity contribution in [1.29, 1.82) is 0 Å². The van der Waals surface area contributed by atoms with Crippen LogP contribution in [0.25, 0.3) is 0 Å². The lowest BCUT2D eigenvalue weighted by Gasteiger charge is -2.58. The quantitative estimate of drug-likeness (QED) is 0.217. The van der Waals surface area contributed by atoms with Crippen molar-refractivity contribution in [2.75, 3.05) is 6.61 Å². The molecule has 0 spiro atoms. The summed E-state index contributed by atoms with van der Waals surface area (Å²) in [7, 11) is 0. The minimum absolute atomic E-state index is 0.0818. The lowest BCUT2D eigenvalue weighted by molar-refractivity contribution is -0.144. The molecule has 0 aliphatic heterocycles. The average molecular weight is 598 g/mol. The van der Waals surface area contributed by atoms with Crippen LogP contribution in [0.15, 0.2) is 16.8 Å². The van der Waals surface area contributed by atoms with Crippen molar-refractivity contribution >= 4 is 23.5 Å². The monoisotopic (exact) mass is 597 g/mol. The summed E-state index contributed by atoms with van der Waals surface area (Å²) < 4.78 is 0. The van der Waals surface area contributed by atoms with Crippen molar-refractivity contribution in [3.8, 4) is 12.3 Å². The number of terminal acetylenes is 1. The van der Waals surface area contributed by atoms with E-state index in [1.807, 2.05) is 6.92 Å². The van der Waals surface area contributed by atoms with Gasteiger partial charge in [-0.25, -0.2) is 4.79 Å². The second kappa shape index (κ2) is 12.6. The number of nitrogens with zero attached hydrogens (tertiary/aromatic N) is 1. The number of aliphatic hydroxyl groups is 1. The zero-order valence-electron chi connectivity index (χ0n) is 26.7. The third kappa shape index (κ3) is 6.09. The van der Waals surface area contributed by atoms with E-state index in [0.717, 1.165) is 50.7 Å². The number of carbonyl (C=O) groups excluding carboxylic acids is 2. The van der Waals surface area contributed by atoms with Crippen LogP contribution in [0.1, 0.15) is 99.3 Å². The minimum atomic E-state index is -1.10. The molecule has 0 bridgehead atoms. The molecule has 0 aromatic heterocycles. The van der Waals surface area contributed by atoms with Crippen LogP contribution in [0, 0.1) is 52.8 Å². The predicted octanol–water partition coefficient (Wildman–Crippen LogP) is 4.44. The number of oxime groups is 1. The van der Waals surface area contributed by atoms with E-state index in [9.17, 15) is 24.6 Å². The molecule has 4 aliphatic rings. The van der Waals surface area contributed by atoms with Crippen molar-refractivity contribution in [1.82, 2.24) is 10.6 Å². The van der Waals surface area contributed by atoms with Gasteiger partial charge in [-0.3, -0.25) is 9.59 Å². The van der Waals surface area contributed by atoms with Gasteiger partial charge in [-0.05, 0) is 92.4 Å². The lowest BCUT2D eigenvalue weighted by Crippen LogP contribution is -2.55. The van der Waals surface area contributed by atoms with Crippen molar-refractivity contribution in [3.63, 3.8) is 0 Å². The van der Waals surface area contributed by atoms with E-state index in [1.165, 1.54) is 5.57 Å². The maximum Gasteiger partial charge on any atom is 0.326 e. The Balaban J connectivity index is 1.35. The van der Waals surface area contributed by atoms with Crippen molar-refractivity contribution < 1.29 is 29.4 Å². The van der Waals surface area contributed by atoms with Gasteiger partial charge in [0.05, 0.1) is 5.71 Å². The number of amides is 2.